The van der Waals surface area contributed by atoms with E-state index in [0.717, 1.165) is 43.1 Å². The normalized spacial score (nSPS) is 14.2. The lowest BCUT2D eigenvalue weighted by Gasteiger charge is -2.28. The van der Waals surface area contributed by atoms with Crippen molar-refractivity contribution < 1.29 is 14.6 Å². The van der Waals surface area contributed by atoms with Crippen LogP contribution in [0, 0.1) is 0 Å². The number of anilines is 2. The number of hydrogen-bond acceptors (Lipinski definition) is 6. The quantitative estimate of drug-likeness (QED) is 0.244. The molecule has 1 saturated heterocycles. The highest BCUT2D eigenvalue weighted by molar-refractivity contribution is 6.12. The maximum atomic E-state index is 12.8. The van der Waals surface area contributed by atoms with Gasteiger partial charge in [-0.25, -0.2) is 0 Å². The largest absolute Gasteiger partial charge is 0.494 e. The van der Waals surface area contributed by atoms with Crippen LogP contribution in [0.25, 0.3) is 10.9 Å². The Hall–Kier alpha value is -4.10. The van der Waals surface area contributed by atoms with Crippen molar-refractivity contribution in [1.29, 1.82) is 0 Å². The molecule has 7 heteroatoms. The maximum Gasteiger partial charge on any atom is 0.198 e. The molecule has 0 aliphatic carbocycles. The lowest BCUT2D eigenvalue weighted by atomic mass is 10.0. The molecule has 1 aromatic heterocycles. The topological polar surface area (TPSA) is 104 Å². The number of aromatic amines is 1. The monoisotopic (exact) mass is 440 g/mol. The zero-order valence-electron chi connectivity index (χ0n) is 18.0. The number of fused-ring (bicyclic) bond motifs is 1. The van der Waals surface area contributed by atoms with E-state index in [4.69, 9.17) is 10.5 Å². The number of morpholine rings is 1. The number of nitrogens with two attached hydrogens (primary N) is 1. The molecular formula is C26H24N4O3. The van der Waals surface area contributed by atoms with Gasteiger partial charge in [0.2, 0.25) is 0 Å². The van der Waals surface area contributed by atoms with Crippen molar-refractivity contribution in [3.05, 3.63) is 83.4 Å². The highest BCUT2D eigenvalue weighted by atomic mass is 16.5. The molecule has 166 valence electrons. The van der Waals surface area contributed by atoms with E-state index in [1.165, 1.54) is 0 Å². The number of benzene rings is 3. The number of ketones is 1. The summed E-state index contributed by atoms with van der Waals surface area (Å²) in [5.74, 6) is -0.0997. The molecule has 0 unspecified atom stereocenters. The fourth-order valence-corrected chi connectivity index (χ4v) is 3.99. The first kappa shape index (κ1) is 20.8. The molecule has 1 aliphatic heterocycles. The number of nitrogens with one attached hydrogen (secondary N) is 1. The Morgan fingerprint density at radius 3 is 2.42 bits per heavy atom. The minimum Gasteiger partial charge on any atom is -0.494 e. The second-order valence-electron chi connectivity index (χ2n) is 7.97. The van der Waals surface area contributed by atoms with Crippen LogP contribution in [0.4, 0.5) is 17.1 Å². The van der Waals surface area contributed by atoms with E-state index in [9.17, 15) is 9.90 Å². The zero-order chi connectivity index (χ0) is 22.8. The highest BCUT2D eigenvalue weighted by Gasteiger charge is 2.14. The van der Waals surface area contributed by atoms with Crippen molar-refractivity contribution >= 4 is 40.0 Å². The van der Waals surface area contributed by atoms with Gasteiger partial charge in [-0.05, 0) is 54.6 Å². The van der Waals surface area contributed by atoms with Crippen molar-refractivity contribution in [2.24, 2.45) is 4.99 Å². The molecule has 7 nitrogen and oxygen atoms in total. The van der Waals surface area contributed by atoms with Crippen LogP contribution in [0.2, 0.25) is 0 Å². The zero-order valence-corrected chi connectivity index (χ0v) is 18.0. The van der Waals surface area contributed by atoms with Gasteiger partial charge in [0.1, 0.15) is 0 Å². The standard InChI is InChI=1S/C26H24N4O3/c27-19-4-1-17(2-5-19)25(31)18-3-10-22-23(26(32)29-24(22)15-18)16-28-20-6-8-21(9-7-20)30-11-13-33-14-12-30/h1-10,15-16,29,32H,11-14,27H2. The number of aromatic hydroxyl groups is 1. The number of carbonyl (C=O) groups is 1. The summed E-state index contributed by atoms with van der Waals surface area (Å²) in [6, 6.07) is 20.1. The summed E-state index contributed by atoms with van der Waals surface area (Å²) in [4.78, 5) is 22.6. The summed E-state index contributed by atoms with van der Waals surface area (Å²) in [5.41, 5.74) is 10.6. The fourth-order valence-electron chi connectivity index (χ4n) is 3.99. The van der Waals surface area contributed by atoms with Crippen molar-refractivity contribution in [2.45, 2.75) is 0 Å². The average molecular weight is 441 g/mol. The van der Waals surface area contributed by atoms with Gasteiger partial charge in [0.25, 0.3) is 0 Å². The SMILES string of the molecule is Nc1ccc(C(=O)c2ccc3c(C=Nc4ccc(N5CCOCC5)cc4)c(O)[nH]c3c2)cc1. The number of nitrogens with zero attached hydrogens (tertiary/aromatic N) is 2. The molecule has 5 rings (SSSR count). The average Bonchev–Trinajstić information content (AvgIpc) is 3.17. The molecular weight excluding hydrogens is 416 g/mol. The first-order valence-electron chi connectivity index (χ1n) is 10.8. The minimum absolute atomic E-state index is 0.00997. The smallest absolute Gasteiger partial charge is 0.198 e. The first-order valence-corrected chi connectivity index (χ1v) is 10.8. The van der Waals surface area contributed by atoms with E-state index in [0.29, 0.717) is 27.9 Å². The Balaban J connectivity index is 1.37. The summed E-state index contributed by atoms with van der Waals surface area (Å²) in [5, 5.41) is 11.2. The van der Waals surface area contributed by atoms with Gasteiger partial charge in [-0.1, -0.05) is 12.1 Å². The lowest BCUT2D eigenvalue weighted by Crippen LogP contribution is -2.36. The Morgan fingerprint density at radius 1 is 1.00 bits per heavy atom. The van der Waals surface area contributed by atoms with Gasteiger partial charge in [0.15, 0.2) is 11.7 Å². The summed E-state index contributed by atoms with van der Waals surface area (Å²) in [7, 11) is 0. The summed E-state index contributed by atoms with van der Waals surface area (Å²) < 4.78 is 5.40. The van der Waals surface area contributed by atoms with E-state index in [1.54, 1.807) is 42.6 Å². The Morgan fingerprint density at radius 2 is 1.70 bits per heavy atom. The second-order valence-corrected chi connectivity index (χ2v) is 7.97. The van der Waals surface area contributed by atoms with Crippen LogP contribution in [-0.2, 0) is 4.74 Å². The van der Waals surface area contributed by atoms with E-state index in [2.05, 4.69) is 14.9 Å². The van der Waals surface area contributed by atoms with Gasteiger partial charge in [0.05, 0.1) is 24.5 Å². The molecule has 1 aliphatic rings. The third-order valence-electron chi connectivity index (χ3n) is 5.82. The molecule has 4 N–H and O–H groups in total. The maximum absolute atomic E-state index is 12.8. The molecule has 0 bridgehead atoms. The van der Waals surface area contributed by atoms with E-state index < -0.39 is 0 Å². The van der Waals surface area contributed by atoms with E-state index >= 15 is 0 Å². The van der Waals surface area contributed by atoms with Crippen molar-refractivity contribution in [2.75, 3.05) is 36.9 Å². The number of ether oxygens (including phenoxy) is 1. The number of aromatic nitrogens is 1. The predicted molar refractivity (Wildman–Crippen MR) is 131 cm³/mol. The number of aliphatic imine (C=N–C) groups is 1. The van der Waals surface area contributed by atoms with Crippen molar-refractivity contribution in [3.8, 4) is 5.88 Å². The van der Waals surface area contributed by atoms with Crippen LogP contribution < -0.4 is 10.6 Å². The van der Waals surface area contributed by atoms with Gasteiger partial charge in [-0.15, -0.1) is 0 Å². The first-order chi connectivity index (χ1) is 16.1. The van der Waals surface area contributed by atoms with Crippen molar-refractivity contribution in [3.63, 3.8) is 0 Å². The number of carbonyl (C=O) groups excluding carboxylic acids is 1. The molecule has 0 spiro atoms. The van der Waals surface area contributed by atoms with Crippen LogP contribution in [0.5, 0.6) is 5.88 Å². The van der Waals surface area contributed by atoms with Crippen LogP contribution >= 0.6 is 0 Å². The molecule has 0 atom stereocenters. The fraction of sp³-hybridized carbons (Fsp3) is 0.154. The molecule has 4 aromatic rings. The van der Waals surface area contributed by atoms with Gasteiger partial charge < -0.3 is 25.5 Å². The molecule has 3 aromatic carbocycles. The van der Waals surface area contributed by atoms with Crippen LogP contribution in [-0.4, -0.2) is 48.4 Å². The van der Waals surface area contributed by atoms with Crippen LogP contribution in [0.1, 0.15) is 21.5 Å². The third kappa shape index (κ3) is 4.31. The van der Waals surface area contributed by atoms with E-state index in [1.807, 2.05) is 30.3 Å². The molecule has 33 heavy (non-hydrogen) atoms. The van der Waals surface area contributed by atoms with Crippen LogP contribution in [0.3, 0.4) is 0 Å². The molecule has 2 heterocycles. The molecule has 0 saturated carbocycles. The summed E-state index contributed by atoms with van der Waals surface area (Å²) in [6.07, 6.45) is 1.64. The third-order valence-corrected chi connectivity index (χ3v) is 5.82. The number of H-pyrrole nitrogens is 1. The van der Waals surface area contributed by atoms with Crippen molar-refractivity contribution in [1.82, 2.24) is 4.98 Å². The summed E-state index contributed by atoms with van der Waals surface area (Å²) >= 11 is 0. The Bertz CT molecular complexity index is 1320. The number of hydrogen-bond donors (Lipinski definition) is 3. The van der Waals surface area contributed by atoms with Crippen LogP contribution in [0.15, 0.2) is 71.7 Å². The lowest BCUT2D eigenvalue weighted by molar-refractivity contribution is 0.103. The van der Waals surface area contributed by atoms with Gasteiger partial charge in [-0.2, -0.15) is 0 Å². The highest BCUT2D eigenvalue weighted by Crippen LogP contribution is 2.28. The van der Waals surface area contributed by atoms with E-state index in [-0.39, 0.29) is 11.7 Å². The number of nitrogen functional groups attached to an aromatic ring is 1. The number of rotatable bonds is 5. The summed E-state index contributed by atoms with van der Waals surface area (Å²) in [6.45, 7) is 3.25. The Labute approximate surface area is 191 Å². The van der Waals surface area contributed by atoms with Gasteiger partial charge >= 0.3 is 0 Å². The molecule has 0 amide bonds. The molecule has 1 fully saturated rings. The minimum atomic E-state index is -0.110. The predicted octanol–water partition coefficient (Wildman–Crippen LogP) is 4.27. The Kier molecular flexibility index (Phi) is 5.54. The van der Waals surface area contributed by atoms with Gasteiger partial charge in [-0.3, -0.25) is 9.79 Å². The molecule has 0 radical (unpaired) electrons. The van der Waals surface area contributed by atoms with Gasteiger partial charge in [0, 0.05) is 52.7 Å². The second kappa shape index (κ2) is 8.80.